The van der Waals surface area contributed by atoms with E-state index in [2.05, 4.69) is 4.74 Å². The fraction of sp³-hybridized carbons (Fsp3) is 0.273. The van der Waals surface area contributed by atoms with Gasteiger partial charge in [0.15, 0.2) is 0 Å². The largest absolute Gasteiger partial charge is 0.469 e. The molecule has 0 aliphatic heterocycles. The molecule has 0 aliphatic carbocycles. The molecule has 0 bridgehead atoms. The topological polar surface area (TPSA) is 102 Å². The van der Waals surface area contributed by atoms with Gasteiger partial charge in [0.2, 0.25) is 0 Å². The molecule has 5 heteroatoms. The van der Waals surface area contributed by atoms with Crippen LogP contribution in [0.3, 0.4) is 0 Å². The molecule has 86 valence electrons. The average Bonchev–Trinajstić information content (AvgIpc) is 2.28. The van der Waals surface area contributed by atoms with Crippen molar-refractivity contribution in [2.45, 2.75) is 12.8 Å². The number of carbonyl (C=O) groups is 1. The normalized spacial score (nSPS) is 9.81. The van der Waals surface area contributed by atoms with Crippen molar-refractivity contribution >= 4 is 23.1 Å². The van der Waals surface area contributed by atoms with Gasteiger partial charge in [0.05, 0.1) is 13.5 Å². The van der Waals surface area contributed by atoms with E-state index in [-0.39, 0.29) is 18.1 Å². The Labute approximate surface area is 93.9 Å². The van der Waals surface area contributed by atoms with E-state index >= 15 is 0 Å². The van der Waals surface area contributed by atoms with Crippen LogP contribution in [-0.2, 0) is 9.53 Å². The van der Waals surface area contributed by atoms with Crippen LogP contribution in [0.5, 0.6) is 0 Å². The third-order valence-corrected chi connectivity index (χ3v) is 2.21. The molecular weight excluding hydrogens is 206 g/mol. The minimum atomic E-state index is -0.341. The number of anilines is 2. The Morgan fingerprint density at radius 1 is 1.38 bits per heavy atom. The van der Waals surface area contributed by atoms with Crippen molar-refractivity contribution in [3.63, 3.8) is 0 Å². The highest BCUT2D eigenvalue weighted by atomic mass is 16.5. The summed E-state index contributed by atoms with van der Waals surface area (Å²) >= 11 is 0. The van der Waals surface area contributed by atoms with Crippen LogP contribution in [0.25, 0.3) is 0 Å². The van der Waals surface area contributed by atoms with Crippen molar-refractivity contribution in [3.05, 3.63) is 23.8 Å². The number of nitrogens with two attached hydrogens (primary N) is 2. The number of methoxy groups -OCH3 is 1. The number of ether oxygens (including phenoxy) is 1. The summed E-state index contributed by atoms with van der Waals surface area (Å²) in [4.78, 5) is 10.9. The van der Waals surface area contributed by atoms with E-state index in [0.29, 0.717) is 23.4 Å². The van der Waals surface area contributed by atoms with Crippen molar-refractivity contribution in [1.29, 1.82) is 5.41 Å². The summed E-state index contributed by atoms with van der Waals surface area (Å²) < 4.78 is 4.50. The Balaban J connectivity index is 2.73. The van der Waals surface area contributed by atoms with E-state index < -0.39 is 0 Å². The maximum absolute atomic E-state index is 10.9. The zero-order valence-corrected chi connectivity index (χ0v) is 9.12. The number of benzene rings is 1. The lowest BCUT2D eigenvalue weighted by molar-refractivity contribution is -0.140. The standard InChI is InChI=1S/C11H15N3O2/c1-16-11(15)5-4-10(14)8-6-7(12)2-3-9(8)13/h2-3,6,14H,4-5,12-13H2,1H3. The van der Waals surface area contributed by atoms with E-state index in [4.69, 9.17) is 16.9 Å². The molecule has 16 heavy (non-hydrogen) atoms. The van der Waals surface area contributed by atoms with Gasteiger partial charge in [-0.2, -0.15) is 0 Å². The van der Waals surface area contributed by atoms with Crippen LogP contribution in [-0.4, -0.2) is 18.8 Å². The molecule has 0 spiro atoms. The molecule has 0 heterocycles. The first kappa shape index (κ1) is 12.0. The van der Waals surface area contributed by atoms with Gasteiger partial charge < -0.3 is 21.6 Å². The summed E-state index contributed by atoms with van der Waals surface area (Å²) in [5, 5.41) is 7.79. The highest BCUT2D eigenvalue weighted by molar-refractivity contribution is 6.04. The fourth-order valence-corrected chi connectivity index (χ4v) is 1.30. The van der Waals surface area contributed by atoms with Crippen molar-refractivity contribution < 1.29 is 9.53 Å². The SMILES string of the molecule is COC(=O)CCC(=N)c1cc(N)ccc1N. The van der Waals surface area contributed by atoms with Gasteiger partial charge in [-0.1, -0.05) is 0 Å². The van der Waals surface area contributed by atoms with Crippen molar-refractivity contribution in [3.8, 4) is 0 Å². The van der Waals surface area contributed by atoms with Crippen LogP contribution in [0.1, 0.15) is 18.4 Å². The molecule has 0 amide bonds. The first-order chi connectivity index (χ1) is 7.54. The van der Waals surface area contributed by atoms with Gasteiger partial charge in [0.1, 0.15) is 0 Å². The number of nitrogen functional groups attached to an aromatic ring is 2. The second kappa shape index (κ2) is 5.16. The molecule has 5 nitrogen and oxygen atoms in total. The Bertz CT molecular complexity index is 416. The third-order valence-electron chi connectivity index (χ3n) is 2.21. The van der Waals surface area contributed by atoms with Gasteiger partial charge in [-0.25, -0.2) is 0 Å². The molecule has 0 aliphatic rings. The number of carbonyl (C=O) groups excluding carboxylic acids is 1. The molecule has 1 rings (SSSR count). The van der Waals surface area contributed by atoms with Gasteiger partial charge in [0, 0.05) is 29.1 Å². The molecule has 5 N–H and O–H groups in total. The molecule has 0 atom stereocenters. The average molecular weight is 221 g/mol. The summed E-state index contributed by atoms with van der Waals surface area (Å²) in [6.07, 6.45) is 0.462. The second-order valence-electron chi connectivity index (χ2n) is 3.40. The third kappa shape index (κ3) is 2.98. The monoisotopic (exact) mass is 221 g/mol. The van der Waals surface area contributed by atoms with Gasteiger partial charge in [-0.05, 0) is 18.2 Å². The van der Waals surface area contributed by atoms with Gasteiger partial charge in [0.25, 0.3) is 0 Å². The summed E-state index contributed by atoms with van der Waals surface area (Å²) in [7, 11) is 1.32. The Morgan fingerprint density at radius 2 is 2.06 bits per heavy atom. The number of hydrogen-bond acceptors (Lipinski definition) is 5. The lowest BCUT2D eigenvalue weighted by Crippen LogP contribution is -2.08. The van der Waals surface area contributed by atoms with Gasteiger partial charge >= 0.3 is 5.97 Å². The minimum absolute atomic E-state index is 0.170. The quantitative estimate of drug-likeness (QED) is 0.403. The van der Waals surface area contributed by atoms with E-state index in [0.717, 1.165) is 0 Å². The van der Waals surface area contributed by atoms with Crippen LogP contribution in [0.15, 0.2) is 18.2 Å². The fourth-order valence-electron chi connectivity index (χ4n) is 1.30. The van der Waals surface area contributed by atoms with Crippen LogP contribution in [0.4, 0.5) is 11.4 Å². The van der Waals surface area contributed by atoms with Crippen molar-refractivity contribution in [2.24, 2.45) is 0 Å². The number of hydrogen-bond donors (Lipinski definition) is 3. The van der Waals surface area contributed by atoms with E-state index in [9.17, 15) is 4.79 Å². The van der Waals surface area contributed by atoms with Crippen LogP contribution in [0.2, 0.25) is 0 Å². The molecule has 1 aromatic rings. The molecule has 0 saturated carbocycles. The Morgan fingerprint density at radius 3 is 2.69 bits per heavy atom. The van der Waals surface area contributed by atoms with Crippen molar-refractivity contribution in [2.75, 3.05) is 18.6 Å². The second-order valence-corrected chi connectivity index (χ2v) is 3.40. The van der Waals surface area contributed by atoms with Crippen LogP contribution < -0.4 is 11.5 Å². The summed E-state index contributed by atoms with van der Waals surface area (Å²) in [5.41, 5.74) is 13.2. The van der Waals surface area contributed by atoms with Gasteiger partial charge in [-0.3, -0.25) is 4.79 Å². The molecule has 0 radical (unpaired) electrons. The highest BCUT2D eigenvalue weighted by Gasteiger charge is 2.09. The predicted octanol–water partition coefficient (Wildman–Crippen LogP) is 1.17. The van der Waals surface area contributed by atoms with Crippen molar-refractivity contribution in [1.82, 2.24) is 0 Å². The first-order valence-corrected chi connectivity index (χ1v) is 4.84. The summed E-state index contributed by atoms with van der Waals surface area (Å²) in [6.45, 7) is 0. The first-order valence-electron chi connectivity index (χ1n) is 4.84. The lowest BCUT2D eigenvalue weighted by atomic mass is 10.0. The summed E-state index contributed by atoms with van der Waals surface area (Å²) in [5.74, 6) is -0.341. The zero-order chi connectivity index (χ0) is 12.1. The molecule has 1 aromatic carbocycles. The maximum atomic E-state index is 10.9. The lowest BCUT2D eigenvalue weighted by Gasteiger charge is -2.07. The number of esters is 1. The zero-order valence-electron chi connectivity index (χ0n) is 9.12. The molecule has 0 saturated heterocycles. The van der Waals surface area contributed by atoms with E-state index in [1.807, 2.05) is 0 Å². The van der Waals surface area contributed by atoms with E-state index in [1.165, 1.54) is 7.11 Å². The summed E-state index contributed by atoms with van der Waals surface area (Å²) in [6, 6.07) is 4.96. The molecule has 0 unspecified atom stereocenters. The highest BCUT2D eigenvalue weighted by Crippen LogP contribution is 2.18. The number of rotatable bonds is 4. The smallest absolute Gasteiger partial charge is 0.305 e. The minimum Gasteiger partial charge on any atom is -0.469 e. The maximum Gasteiger partial charge on any atom is 0.305 e. The van der Waals surface area contributed by atoms with Crippen LogP contribution >= 0.6 is 0 Å². The predicted molar refractivity (Wildman–Crippen MR) is 63.3 cm³/mol. The molecule has 0 fully saturated rings. The molecular formula is C11H15N3O2. The van der Waals surface area contributed by atoms with E-state index in [1.54, 1.807) is 18.2 Å². The molecule has 0 aromatic heterocycles. The Hall–Kier alpha value is -2.04. The number of nitrogens with one attached hydrogen (secondary N) is 1. The van der Waals surface area contributed by atoms with Gasteiger partial charge in [-0.15, -0.1) is 0 Å². The van der Waals surface area contributed by atoms with Crippen LogP contribution in [0, 0.1) is 5.41 Å². The Kier molecular flexibility index (Phi) is 3.88.